The van der Waals surface area contributed by atoms with Crippen molar-refractivity contribution >= 4 is 0 Å². The minimum absolute atomic E-state index is 0.0844. The number of imidazole rings is 1. The van der Waals surface area contributed by atoms with E-state index in [4.69, 9.17) is 5.84 Å². The van der Waals surface area contributed by atoms with Crippen molar-refractivity contribution in [2.45, 2.75) is 57.5 Å². The third-order valence-electron chi connectivity index (χ3n) is 5.05. The van der Waals surface area contributed by atoms with Crippen LogP contribution in [0.15, 0.2) is 12.4 Å². The first-order valence-corrected chi connectivity index (χ1v) is 7.79. The molecule has 1 fully saturated rings. The van der Waals surface area contributed by atoms with E-state index in [9.17, 15) is 0 Å². The van der Waals surface area contributed by atoms with Crippen LogP contribution in [-0.4, -0.2) is 39.1 Å². The van der Waals surface area contributed by atoms with Gasteiger partial charge in [-0.3, -0.25) is 16.2 Å². The van der Waals surface area contributed by atoms with Crippen molar-refractivity contribution in [1.29, 1.82) is 0 Å². The molecule has 1 aromatic rings. The van der Waals surface area contributed by atoms with Gasteiger partial charge in [-0.1, -0.05) is 13.3 Å². The van der Waals surface area contributed by atoms with Crippen molar-refractivity contribution in [3.8, 4) is 0 Å². The molecule has 5 heteroatoms. The van der Waals surface area contributed by atoms with Gasteiger partial charge in [0.05, 0.1) is 0 Å². The maximum Gasteiger partial charge on any atom is 0.110 e. The molecule has 1 saturated heterocycles. The number of hydrogen-bond acceptors (Lipinski definition) is 4. The summed E-state index contributed by atoms with van der Waals surface area (Å²) in [5.41, 5.74) is 3.15. The average molecular weight is 279 g/mol. The van der Waals surface area contributed by atoms with Gasteiger partial charge in [-0.05, 0) is 39.3 Å². The zero-order chi connectivity index (χ0) is 14.6. The molecule has 1 aliphatic heterocycles. The number of nitrogens with one attached hydrogen (secondary N) is 1. The number of nitrogens with two attached hydrogens (primary N) is 1. The fourth-order valence-electron chi connectivity index (χ4n) is 3.33. The van der Waals surface area contributed by atoms with E-state index in [1.54, 1.807) is 0 Å². The fourth-order valence-corrected chi connectivity index (χ4v) is 3.33. The Morgan fingerprint density at radius 2 is 2.10 bits per heavy atom. The Hall–Kier alpha value is -0.910. The van der Waals surface area contributed by atoms with Gasteiger partial charge in [0.2, 0.25) is 0 Å². The highest BCUT2D eigenvalue weighted by Crippen LogP contribution is 2.28. The lowest BCUT2D eigenvalue weighted by Crippen LogP contribution is -2.62. The predicted octanol–water partition coefficient (Wildman–Crippen LogP) is 1.45. The van der Waals surface area contributed by atoms with Gasteiger partial charge in [-0.2, -0.15) is 0 Å². The van der Waals surface area contributed by atoms with Gasteiger partial charge in [0.15, 0.2) is 0 Å². The molecule has 2 heterocycles. The van der Waals surface area contributed by atoms with Crippen molar-refractivity contribution in [2.24, 2.45) is 12.9 Å². The second kappa shape index (κ2) is 6.70. The molecule has 0 spiro atoms. The van der Waals surface area contributed by atoms with E-state index in [0.717, 1.165) is 18.7 Å². The van der Waals surface area contributed by atoms with E-state index in [1.165, 1.54) is 32.4 Å². The molecular formula is C15H29N5. The predicted molar refractivity (Wildman–Crippen MR) is 82.1 cm³/mol. The highest BCUT2D eigenvalue weighted by atomic mass is 15.3. The van der Waals surface area contributed by atoms with E-state index in [1.807, 2.05) is 19.4 Å². The molecule has 2 atom stereocenters. The molecule has 5 nitrogen and oxygen atoms in total. The lowest BCUT2D eigenvalue weighted by molar-refractivity contribution is 0.0421. The Bertz CT molecular complexity index is 410. The first-order chi connectivity index (χ1) is 9.61. The standard InChI is InChI=1S/C15H29N5/c1-4-15(2,20-9-6-5-7-10-20)13(18-16)12-14-17-8-11-19(14)3/h8,11,13,18H,4-7,9-10,12,16H2,1-3H3. The SMILES string of the molecule is CCC(C)(C(Cc1nccn1C)NN)N1CCCCC1. The van der Waals surface area contributed by atoms with Gasteiger partial charge < -0.3 is 4.57 Å². The first kappa shape index (κ1) is 15.5. The largest absolute Gasteiger partial charge is 0.338 e. The van der Waals surface area contributed by atoms with Crippen LogP contribution in [0.5, 0.6) is 0 Å². The van der Waals surface area contributed by atoms with Gasteiger partial charge in [-0.25, -0.2) is 4.98 Å². The molecule has 0 radical (unpaired) electrons. The summed E-state index contributed by atoms with van der Waals surface area (Å²) in [6.45, 7) is 6.97. The van der Waals surface area contributed by atoms with Crippen LogP contribution in [0.25, 0.3) is 0 Å². The molecule has 2 rings (SSSR count). The lowest BCUT2D eigenvalue weighted by atomic mass is 9.84. The number of likely N-dealkylation sites (tertiary alicyclic amines) is 1. The number of piperidine rings is 1. The topological polar surface area (TPSA) is 59.1 Å². The van der Waals surface area contributed by atoms with E-state index < -0.39 is 0 Å². The van der Waals surface area contributed by atoms with Crippen molar-refractivity contribution < 1.29 is 0 Å². The second-order valence-corrected chi connectivity index (χ2v) is 6.14. The zero-order valence-corrected chi connectivity index (χ0v) is 13.1. The third-order valence-corrected chi connectivity index (χ3v) is 5.05. The van der Waals surface area contributed by atoms with Crippen molar-refractivity contribution in [3.05, 3.63) is 18.2 Å². The van der Waals surface area contributed by atoms with Crippen LogP contribution in [-0.2, 0) is 13.5 Å². The average Bonchev–Trinajstić information content (AvgIpc) is 2.90. The van der Waals surface area contributed by atoms with Crippen LogP contribution < -0.4 is 11.3 Å². The van der Waals surface area contributed by atoms with Crippen LogP contribution in [0.1, 0.15) is 45.4 Å². The summed E-state index contributed by atoms with van der Waals surface area (Å²) in [6.07, 6.45) is 9.76. The zero-order valence-electron chi connectivity index (χ0n) is 13.1. The van der Waals surface area contributed by atoms with Gasteiger partial charge >= 0.3 is 0 Å². The van der Waals surface area contributed by atoms with Gasteiger partial charge in [0.1, 0.15) is 5.82 Å². The summed E-state index contributed by atoms with van der Waals surface area (Å²) in [4.78, 5) is 7.06. The number of rotatable bonds is 6. The molecule has 1 aromatic heterocycles. The summed E-state index contributed by atoms with van der Waals surface area (Å²) in [7, 11) is 2.04. The van der Waals surface area contributed by atoms with Crippen molar-refractivity contribution in [1.82, 2.24) is 19.9 Å². The molecule has 3 N–H and O–H groups in total. The Balaban J connectivity index is 2.15. The first-order valence-electron chi connectivity index (χ1n) is 7.79. The second-order valence-electron chi connectivity index (χ2n) is 6.14. The minimum Gasteiger partial charge on any atom is -0.338 e. The van der Waals surface area contributed by atoms with Gasteiger partial charge in [-0.15, -0.1) is 0 Å². The summed E-state index contributed by atoms with van der Waals surface area (Å²) in [6, 6.07) is 0.215. The summed E-state index contributed by atoms with van der Waals surface area (Å²) < 4.78 is 2.08. The molecule has 0 saturated carbocycles. The summed E-state index contributed by atoms with van der Waals surface area (Å²) >= 11 is 0. The third kappa shape index (κ3) is 3.05. The number of aromatic nitrogens is 2. The quantitative estimate of drug-likeness (QED) is 0.611. The smallest absolute Gasteiger partial charge is 0.110 e. The number of hydrazine groups is 1. The normalized spacial score (nSPS) is 21.6. The molecule has 114 valence electrons. The minimum atomic E-state index is 0.0844. The van der Waals surface area contributed by atoms with E-state index in [2.05, 4.69) is 33.7 Å². The van der Waals surface area contributed by atoms with Crippen molar-refractivity contribution in [3.63, 3.8) is 0 Å². The van der Waals surface area contributed by atoms with E-state index >= 15 is 0 Å². The molecule has 0 aliphatic carbocycles. The summed E-state index contributed by atoms with van der Waals surface area (Å²) in [5, 5.41) is 0. The van der Waals surface area contributed by atoms with Crippen LogP contribution in [0.2, 0.25) is 0 Å². The highest BCUT2D eigenvalue weighted by Gasteiger charge is 2.38. The molecular weight excluding hydrogens is 250 g/mol. The van der Waals surface area contributed by atoms with Crippen LogP contribution in [0, 0.1) is 0 Å². The van der Waals surface area contributed by atoms with Crippen LogP contribution in [0.3, 0.4) is 0 Å². The molecule has 1 aliphatic rings. The van der Waals surface area contributed by atoms with E-state index in [0.29, 0.717) is 0 Å². The molecule has 2 unspecified atom stereocenters. The number of hydrogen-bond donors (Lipinski definition) is 2. The Morgan fingerprint density at radius 3 is 2.60 bits per heavy atom. The fraction of sp³-hybridized carbons (Fsp3) is 0.800. The lowest BCUT2D eigenvalue weighted by Gasteiger charge is -2.47. The number of nitrogens with zero attached hydrogens (tertiary/aromatic N) is 3. The Morgan fingerprint density at radius 1 is 1.40 bits per heavy atom. The van der Waals surface area contributed by atoms with Gasteiger partial charge in [0.25, 0.3) is 0 Å². The van der Waals surface area contributed by atoms with Crippen LogP contribution >= 0.6 is 0 Å². The van der Waals surface area contributed by atoms with Crippen LogP contribution in [0.4, 0.5) is 0 Å². The monoisotopic (exact) mass is 279 g/mol. The molecule has 0 aromatic carbocycles. The molecule has 0 bridgehead atoms. The molecule has 20 heavy (non-hydrogen) atoms. The Labute approximate surface area is 122 Å². The molecule has 0 amide bonds. The number of aryl methyl sites for hydroxylation is 1. The van der Waals surface area contributed by atoms with E-state index in [-0.39, 0.29) is 11.6 Å². The van der Waals surface area contributed by atoms with Gasteiger partial charge in [0, 0.05) is 37.4 Å². The highest BCUT2D eigenvalue weighted by molar-refractivity contribution is 5.03. The maximum atomic E-state index is 5.89. The summed E-state index contributed by atoms with van der Waals surface area (Å²) in [5.74, 6) is 6.98. The maximum absolute atomic E-state index is 5.89. The Kier molecular flexibility index (Phi) is 5.18. The van der Waals surface area contributed by atoms with Crippen molar-refractivity contribution in [2.75, 3.05) is 13.1 Å².